The minimum absolute atomic E-state index is 0. The summed E-state index contributed by atoms with van der Waals surface area (Å²) in [6.07, 6.45) is 0.949. The molecule has 3 aromatic heterocycles. The number of thiazole rings is 1. The van der Waals surface area contributed by atoms with E-state index in [1.165, 1.54) is 10.4 Å². The van der Waals surface area contributed by atoms with Gasteiger partial charge in [0.25, 0.3) is 5.91 Å². The van der Waals surface area contributed by atoms with Crippen LogP contribution in [0, 0.1) is 6.92 Å². The van der Waals surface area contributed by atoms with Crippen LogP contribution in [-0.2, 0) is 13.0 Å². The first-order valence-corrected chi connectivity index (χ1v) is 10.7. The van der Waals surface area contributed by atoms with Gasteiger partial charge in [-0.3, -0.25) is 4.79 Å². The maximum Gasteiger partial charge on any atom is 0.294 e. The molecule has 4 aromatic rings. The topological polar surface area (TPSA) is 71.3 Å². The lowest BCUT2D eigenvalue weighted by atomic mass is 10.0. The van der Waals surface area contributed by atoms with E-state index in [0.29, 0.717) is 5.69 Å². The number of thiophene rings is 1. The first-order valence-electron chi connectivity index (χ1n) is 9.02. The molecule has 29 heavy (non-hydrogen) atoms. The summed E-state index contributed by atoms with van der Waals surface area (Å²) in [4.78, 5) is 21.1. The number of carbonyl (C=O) groups excluding carboxylic acids is 1. The second-order valence-electron chi connectivity index (χ2n) is 6.97. The van der Waals surface area contributed by atoms with Gasteiger partial charge >= 0.3 is 0 Å². The molecule has 1 N–H and O–H groups in total. The van der Waals surface area contributed by atoms with Crippen molar-refractivity contribution in [1.82, 2.24) is 15.0 Å². The minimum atomic E-state index is -0.282. The maximum absolute atomic E-state index is 12.7. The predicted molar refractivity (Wildman–Crippen MR) is 119 cm³/mol. The third kappa shape index (κ3) is 3.69. The zero-order valence-corrected chi connectivity index (χ0v) is 18.3. The average Bonchev–Trinajstić information content (AvgIpc) is 3.36. The number of fused-ring (bicyclic) bond motifs is 2. The maximum atomic E-state index is 12.7. The fourth-order valence-corrected chi connectivity index (χ4v) is 5.89. The number of para-hydroxylation sites is 1. The molecule has 9 heteroatoms. The Kier molecular flexibility index (Phi) is 5.44. The van der Waals surface area contributed by atoms with Gasteiger partial charge in [0, 0.05) is 29.6 Å². The quantitative estimate of drug-likeness (QED) is 0.480. The van der Waals surface area contributed by atoms with Crippen LogP contribution < -0.4 is 5.32 Å². The molecule has 1 aliphatic heterocycles. The van der Waals surface area contributed by atoms with Crippen LogP contribution in [0.5, 0.6) is 0 Å². The first kappa shape index (κ1) is 20.0. The Morgan fingerprint density at radius 2 is 2.10 bits per heavy atom. The molecule has 0 bridgehead atoms. The number of nitrogens with zero attached hydrogens (tertiary/aromatic N) is 3. The van der Waals surface area contributed by atoms with Crippen molar-refractivity contribution in [2.24, 2.45) is 0 Å². The molecule has 1 amide bonds. The fraction of sp³-hybridized carbons (Fsp3) is 0.250. The summed E-state index contributed by atoms with van der Waals surface area (Å²) in [5, 5.41) is 8.65. The van der Waals surface area contributed by atoms with Crippen molar-refractivity contribution in [2.75, 3.05) is 18.9 Å². The zero-order chi connectivity index (χ0) is 19.3. The van der Waals surface area contributed by atoms with Crippen LogP contribution in [0.1, 0.15) is 26.7 Å². The number of aryl methyl sites for hydroxylation is 1. The van der Waals surface area contributed by atoms with Crippen LogP contribution in [0.4, 0.5) is 5.00 Å². The van der Waals surface area contributed by atoms with Gasteiger partial charge in [-0.2, -0.15) is 0 Å². The van der Waals surface area contributed by atoms with Crippen molar-refractivity contribution >= 4 is 56.2 Å². The lowest BCUT2D eigenvalue weighted by Crippen LogP contribution is -2.25. The molecule has 0 saturated carbocycles. The molecule has 0 saturated heterocycles. The summed E-state index contributed by atoms with van der Waals surface area (Å²) in [5.74, 6) is -0.0637. The number of benzene rings is 1. The van der Waals surface area contributed by atoms with Crippen molar-refractivity contribution in [1.29, 1.82) is 0 Å². The Hall–Kier alpha value is -2.26. The third-order valence-electron chi connectivity index (χ3n) is 4.83. The van der Waals surface area contributed by atoms with E-state index in [2.05, 4.69) is 28.5 Å². The second kappa shape index (κ2) is 7.87. The Balaban J connectivity index is 0.00000205. The fourth-order valence-electron chi connectivity index (χ4n) is 3.46. The molecule has 0 fully saturated rings. The Labute approximate surface area is 182 Å². The van der Waals surface area contributed by atoms with E-state index < -0.39 is 0 Å². The molecule has 6 nitrogen and oxygen atoms in total. The SMILES string of the molecule is Cc1cc(C(=O)Nc2sc3c(c2-c2nc4ccccc4s2)CCN(C)C3)on1.Cl. The number of likely N-dealkylation sites (N-methyl/N-ethyl adjacent to an activating group) is 1. The highest BCUT2D eigenvalue weighted by Gasteiger charge is 2.27. The molecule has 4 heterocycles. The number of hydrogen-bond donors (Lipinski definition) is 1. The van der Waals surface area contributed by atoms with Gasteiger partial charge < -0.3 is 14.7 Å². The summed E-state index contributed by atoms with van der Waals surface area (Å²) >= 11 is 3.30. The molecule has 0 spiro atoms. The first-order chi connectivity index (χ1) is 13.6. The molecule has 150 valence electrons. The van der Waals surface area contributed by atoms with E-state index in [1.807, 2.05) is 18.2 Å². The van der Waals surface area contributed by atoms with Crippen molar-refractivity contribution in [2.45, 2.75) is 19.9 Å². The lowest BCUT2D eigenvalue weighted by molar-refractivity contribution is 0.0988. The Morgan fingerprint density at radius 1 is 1.28 bits per heavy atom. The molecular weight excluding hydrogens is 428 g/mol. The molecule has 5 rings (SSSR count). The molecule has 1 aliphatic rings. The molecule has 0 unspecified atom stereocenters. The van der Waals surface area contributed by atoms with E-state index in [0.717, 1.165) is 45.3 Å². The van der Waals surface area contributed by atoms with Gasteiger partial charge in [0.05, 0.1) is 15.9 Å². The van der Waals surface area contributed by atoms with Gasteiger partial charge in [-0.1, -0.05) is 17.3 Å². The molecule has 0 atom stereocenters. The van der Waals surface area contributed by atoms with Crippen LogP contribution in [0.15, 0.2) is 34.9 Å². The third-order valence-corrected chi connectivity index (χ3v) is 7.02. The van der Waals surface area contributed by atoms with Crippen molar-refractivity contribution in [3.63, 3.8) is 0 Å². The monoisotopic (exact) mass is 446 g/mol. The second-order valence-corrected chi connectivity index (χ2v) is 9.10. The zero-order valence-electron chi connectivity index (χ0n) is 15.9. The highest BCUT2D eigenvalue weighted by molar-refractivity contribution is 7.22. The molecular formula is C20H19ClN4O2S2. The molecule has 0 radical (unpaired) electrons. The number of anilines is 1. The standard InChI is InChI=1S/C20H18N4O2S2.ClH/c1-11-9-14(26-23-11)18(25)22-20-17(12-7-8-24(2)10-16(12)28-20)19-21-13-5-3-4-6-15(13)27-19;/h3-6,9H,7-8,10H2,1-2H3,(H,22,25);1H. The Morgan fingerprint density at radius 3 is 2.86 bits per heavy atom. The van der Waals surface area contributed by atoms with E-state index in [1.54, 1.807) is 35.7 Å². The van der Waals surface area contributed by atoms with Gasteiger partial charge in [-0.25, -0.2) is 4.98 Å². The number of amides is 1. The normalized spacial score (nSPS) is 13.9. The van der Waals surface area contributed by atoms with Gasteiger partial charge in [0.15, 0.2) is 0 Å². The Bertz CT molecular complexity index is 1160. The van der Waals surface area contributed by atoms with Gasteiger partial charge in [-0.15, -0.1) is 35.1 Å². The van der Waals surface area contributed by atoms with Crippen molar-refractivity contribution in [3.8, 4) is 10.6 Å². The number of hydrogen-bond acceptors (Lipinski definition) is 7. The smallest absolute Gasteiger partial charge is 0.294 e. The predicted octanol–water partition coefficient (Wildman–Crippen LogP) is 4.98. The summed E-state index contributed by atoms with van der Waals surface area (Å²) in [6, 6.07) is 9.78. The van der Waals surface area contributed by atoms with Crippen molar-refractivity contribution < 1.29 is 9.32 Å². The highest BCUT2D eigenvalue weighted by atomic mass is 35.5. The van der Waals surface area contributed by atoms with E-state index in [4.69, 9.17) is 9.51 Å². The summed E-state index contributed by atoms with van der Waals surface area (Å²) in [6.45, 7) is 3.68. The van der Waals surface area contributed by atoms with Gasteiger partial charge in [0.1, 0.15) is 10.0 Å². The highest BCUT2D eigenvalue weighted by Crippen LogP contribution is 2.45. The van der Waals surface area contributed by atoms with Gasteiger partial charge in [0.2, 0.25) is 5.76 Å². The van der Waals surface area contributed by atoms with Crippen molar-refractivity contribution in [3.05, 3.63) is 52.2 Å². The number of rotatable bonds is 3. The van der Waals surface area contributed by atoms with E-state index in [-0.39, 0.29) is 24.1 Å². The molecule has 0 aliphatic carbocycles. The van der Waals surface area contributed by atoms with Crippen LogP contribution in [0.25, 0.3) is 20.8 Å². The van der Waals surface area contributed by atoms with Crippen LogP contribution >= 0.6 is 35.1 Å². The number of carbonyl (C=O) groups is 1. The van der Waals surface area contributed by atoms with Crippen LogP contribution in [0.3, 0.4) is 0 Å². The lowest BCUT2D eigenvalue weighted by Gasteiger charge is -2.22. The minimum Gasteiger partial charge on any atom is -0.351 e. The van der Waals surface area contributed by atoms with E-state index in [9.17, 15) is 4.79 Å². The summed E-state index contributed by atoms with van der Waals surface area (Å²) < 4.78 is 6.28. The van der Waals surface area contributed by atoms with Crippen LogP contribution in [-0.4, -0.2) is 34.5 Å². The average molecular weight is 447 g/mol. The van der Waals surface area contributed by atoms with Gasteiger partial charge in [-0.05, 0) is 38.1 Å². The van der Waals surface area contributed by atoms with E-state index >= 15 is 0 Å². The van der Waals surface area contributed by atoms with Crippen LogP contribution in [0.2, 0.25) is 0 Å². The number of halogens is 1. The summed E-state index contributed by atoms with van der Waals surface area (Å²) in [7, 11) is 2.12. The number of aromatic nitrogens is 2. The number of nitrogens with one attached hydrogen (secondary N) is 1. The molecule has 1 aromatic carbocycles. The summed E-state index contributed by atoms with van der Waals surface area (Å²) in [5.41, 5.74) is 4.02. The largest absolute Gasteiger partial charge is 0.351 e.